The molecular formula is C10H18N4. The van der Waals surface area contributed by atoms with E-state index in [-0.39, 0.29) is 0 Å². The van der Waals surface area contributed by atoms with E-state index in [4.69, 9.17) is 0 Å². The first-order valence-electron chi connectivity index (χ1n) is 5.24. The Morgan fingerprint density at radius 3 is 2.64 bits per heavy atom. The van der Waals surface area contributed by atoms with Crippen LogP contribution in [0.15, 0.2) is 6.07 Å². The molecular weight excluding hydrogens is 176 g/mol. The van der Waals surface area contributed by atoms with Gasteiger partial charge in [-0.05, 0) is 26.7 Å². The summed E-state index contributed by atoms with van der Waals surface area (Å²) >= 11 is 0. The molecule has 0 radical (unpaired) electrons. The monoisotopic (exact) mass is 194 g/mol. The molecule has 0 aliphatic heterocycles. The van der Waals surface area contributed by atoms with Gasteiger partial charge in [0, 0.05) is 25.2 Å². The average Bonchev–Trinajstić information content (AvgIpc) is 2.83. The number of nitrogens with zero attached hydrogens (tertiary/aromatic N) is 2. The van der Waals surface area contributed by atoms with Crippen LogP contribution in [0.3, 0.4) is 0 Å². The van der Waals surface area contributed by atoms with E-state index in [1.165, 1.54) is 12.8 Å². The third-order valence-corrected chi connectivity index (χ3v) is 2.41. The second kappa shape index (κ2) is 3.52. The molecule has 0 aromatic carbocycles. The van der Waals surface area contributed by atoms with Crippen molar-refractivity contribution in [2.45, 2.75) is 38.8 Å². The second-order valence-electron chi connectivity index (χ2n) is 4.12. The molecule has 0 spiro atoms. The number of nitrogens with one attached hydrogen (secondary N) is 2. The van der Waals surface area contributed by atoms with Gasteiger partial charge in [0.15, 0.2) is 0 Å². The molecule has 4 nitrogen and oxygen atoms in total. The molecule has 14 heavy (non-hydrogen) atoms. The van der Waals surface area contributed by atoms with Crippen molar-refractivity contribution in [3.8, 4) is 0 Å². The van der Waals surface area contributed by atoms with Crippen LogP contribution in [-0.2, 0) is 0 Å². The summed E-state index contributed by atoms with van der Waals surface area (Å²) in [4.78, 5) is 0. The molecule has 1 aliphatic rings. The zero-order valence-electron chi connectivity index (χ0n) is 9.04. The van der Waals surface area contributed by atoms with Gasteiger partial charge in [-0.3, -0.25) is 0 Å². The van der Waals surface area contributed by atoms with Crippen LogP contribution in [0.25, 0.3) is 0 Å². The summed E-state index contributed by atoms with van der Waals surface area (Å²) in [5.74, 6) is 2.06. The van der Waals surface area contributed by atoms with E-state index in [1.54, 1.807) is 0 Å². The summed E-state index contributed by atoms with van der Waals surface area (Å²) in [6.07, 6.45) is 2.56. The third-order valence-electron chi connectivity index (χ3n) is 2.41. The normalized spacial score (nSPS) is 16.0. The maximum atomic E-state index is 4.50. The number of hydrogen-bond acceptors (Lipinski definition) is 3. The topological polar surface area (TPSA) is 41.9 Å². The van der Waals surface area contributed by atoms with Gasteiger partial charge in [0.1, 0.15) is 11.6 Å². The van der Waals surface area contributed by atoms with E-state index < -0.39 is 0 Å². The fraction of sp³-hybridized carbons (Fsp3) is 0.700. The molecule has 1 aliphatic carbocycles. The Labute approximate surface area is 84.7 Å². The van der Waals surface area contributed by atoms with E-state index in [0.29, 0.717) is 12.1 Å². The second-order valence-corrected chi connectivity index (χ2v) is 4.12. The molecule has 78 valence electrons. The van der Waals surface area contributed by atoms with Crippen molar-refractivity contribution in [2.24, 2.45) is 0 Å². The van der Waals surface area contributed by atoms with Crippen molar-refractivity contribution < 1.29 is 0 Å². The zero-order valence-corrected chi connectivity index (χ0v) is 9.04. The minimum absolute atomic E-state index is 0.396. The molecule has 1 fully saturated rings. The minimum Gasteiger partial charge on any atom is -0.373 e. The van der Waals surface area contributed by atoms with E-state index in [2.05, 4.69) is 35.6 Å². The zero-order chi connectivity index (χ0) is 10.1. The Kier molecular flexibility index (Phi) is 2.35. The van der Waals surface area contributed by atoms with Crippen molar-refractivity contribution in [1.82, 2.24) is 9.78 Å². The van der Waals surface area contributed by atoms with Gasteiger partial charge in [0.05, 0.1) is 0 Å². The lowest BCUT2D eigenvalue weighted by atomic mass is 10.4. The van der Waals surface area contributed by atoms with Gasteiger partial charge in [0.25, 0.3) is 0 Å². The maximum absolute atomic E-state index is 4.50. The van der Waals surface area contributed by atoms with Gasteiger partial charge in [0.2, 0.25) is 0 Å². The molecule has 4 heteroatoms. The highest BCUT2D eigenvalue weighted by molar-refractivity contribution is 5.49. The summed E-state index contributed by atoms with van der Waals surface area (Å²) in [5.41, 5.74) is 0. The van der Waals surface area contributed by atoms with Gasteiger partial charge >= 0.3 is 0 Å². The molecule has 0 amide bonds. The SMILES string of the molecule is CNc1cc(NC2CC2)nn1C(C)C. The van der Waals surface area contributed by atoms with Gasteiger partial charge in [-0.25, -0.2) is 4.68 Å². The third kappa shape index (κ3) is 1.84. The Morgan fingerprint density at radius 2 is 2.21 bits per heavy atom. The van der Waals surface area contributed by atoms with E-state index in [9.17, 15) is 0 Å². The molecule has 1 heterocycles. The van der Waals surface area contributed by atoms with Crippen LogP contribution >= 0.6 is 0 Å². The largest absolute Gasteiger partial charge is 0.373 e. The molecule has 0 unspecified atom stereocenters. The van der Waals surface area contributed by atoms with Gasteiger partial charge in [-0.15, -0.1) is 0 Å². The molecule has 0 saturated heterocycles. The van der Waals surface area contributed by atoms with Crippen LogP contribution in [0.1, 0.15) is 32.7 Å². The Bertz CT molecular complexity index is 312. The van der Waals surface area contributed by atoms with Crippen molar-refractivity contribution >= 4 is 11.6 Å². The number of hydrogen-bond donors (Lipinski definition) is 2. The van der Waals surface area contributed by atoms with Crippen molar-refractivity contribution in [1.29, 1.82) is 0 Å². The Hall–Kier alpha value is -1.19. The van der Waals surface area contributed by atoms with E-state index in [0.717, 1.165) is 11.6 Å². The van der Waals surface area contributed by atoms with Crippen molar-refractivity contribution in [3.63, 3.8) is 0 Å². The maximum Gasteiger partial charge on any atom is 0.150 e. The van der Waals surface area contributed by atoms with Crippen LogP contribution in [0.2, 0.25) is 0 Å². The predicted molar refractivity (Wildman–Crippen MR) is 58.8 cm³/mol. The molecule has 0 bridgehead atoms. The average molecular weight is 194 g/mol. The lowest BCUT2D eigenvalue weighted by Gasteiger charge is -2.09. The van der Waals surface area contributed by atoms with Crippen LogP contribution in [-0.4, -0.2) is 22.9 Å². The quantitative estimate of drug-likeness (QED) is 0.771. The first kappa shape index (κ1) is 9.37. The Morgan fingerprint density at radius 1 is 1.50 bits per heavy atom. The molecule has 0 atom stereocenters. The number of rotatable bonds is 4. The molecule has 2 rings (SSSR count). The van der Waals surface area contributed by atoms with Crippen LogP contribution in [0, 0.1) is 0 Å². The van der Waals surface area contributed by atoms with E-state index >= 15 is 0 Å². The highest BCUT2D eigenvalue weighted by Crippen LogP contribution is 2.26. The lowest BCUT2D eigenvalue weighted by molar-refractivity contribution is 0.540. The molecule has 2 N–H and O–H groups in total. The van der Waals surface area contributed by atoms with Crippen LogP contribution < -0.4 is 10.6 Å². The standard InChI is InChI=1S/C10H18N4/c1-7(2)14-10(11-3)6-9(13-14)12-8-4-5-8/h6-8,11H,4-5H2,1-3H3,(H,12,13). The first-order chi connectivity index (χ1) is 6.70. The van der Waals surface area contributed by atoms with E-state index in [1.807, 2.05) is 11.7 Å². The summed E-state index contributed by atoms with van der Waals surface area (Å²) in [7, 11) is 1.93. The highest BCUT2D eigenvalue weighted by Gasteiger charge is 2.22. The highest BCUT2D eigenvalue weighted by atomic mass is 15.4. The number of anilines is 2. The fourth-order valence-electron chi connectivity index (χ4n) is 1.48. The van der Waals surface area contributed by atoms with Crippen LogP contribution in [0.4, 0.5) is 11.6 Å². The first-order valence-corrected chi connectivity index (χ1v) is 5.24. The summed E-state index contributed by atoms with van der Waals surface area (Å²) in [5, 5.41) is 11.0. The van der Waals surface area contributed by atoms with Gasteiger partial charge in [-0.1, -0.05) is 0 Å². The van der Waals surface area contributed by atoms with Gasteiger partial charge < -0.3 is 10.6 Å². The fourth-order valence-corrected chi connectivity index (χ4v) is 1.48. The smallest absolute Gasteiger partial charge is 0.150 e. The van der Waals surface area contributed by atoms with Crippen LogP contribution in [0.5, 0.6) is 0 Å². The summed E-state index contributed by atoms with van der Waals surface area (Å²) in [6.45, 7) is 4.27. The summed E-state index contributed by atoms with van der Waals surface area (Å²) in [6, 6.07) is 3.13. The summed E-state index contributed by atoms with van der Waals surface area (Å²) < 4.78 is 2.00. The molecule has 1 aromatic heterocycles. The minimum atomic E-state index is 0.396. The molecule has 1 saturated carbocycles. The van der Waals surface area contributed by atoms with Crippen molar-refractivity contribution in [3.05, 3.63) is 6.07 Å². The lowest BCUT2D eigenvalue weighted by Crippen LogP contribution is -2.08. The predicted octanol–water partition coefficient (Wildman–Crippen LogP) is 2.08. The van der Waals surface area contributed by atoms with Gasteiger partial charge in [-0.2, -0.15) is 5.10 Å². The number of aromatic nitrogens is 2. The van der Waals surface area contributed by atoms with Crippen molar-refractivity contribution in [2.75, 3.05) is 17.7 Å². The Balaban J connectivity index is 2.16. The molecule has 1 aromatic rings.